The van der Waals surface area contributed by atoms with Gasteiger partial charge >= 0.3 is 39.5 Å². The van der Waals surface area contributed by atoms with Crippen LogP contribution in [0, 0.1) is 17.8 Å². The van der Waals surface area contributed by atoms with Crippen LogP contribution in [0.2, 0.25) is 0 Å². The van der Waals surface area contributed by atoms with Crippen LogP contribution in [0.15, 0.2) is 0 Å². The minimum Gasteiger partial charge on any atom is -0.462 e. The zero-order valence-electron chi connectivity index (χ0n) is 60.7. The van der Waals surface area contributed by atoms with Crippen molar-refractivity contribution in [2.75, 3.05) is 39.6 Å². The Morgan fingerprint density at radius 3 is 0.817 bits per heavy atom. The molecule has 0 aromatic carbocycles. The van der Waals surface area contributed by atoms with Gasteiger partial charge in [-0.1, -0.05) is 325 Å². The number of hydrogen-bond acceptors (Lipinski definition) is 15. The first-order valence-electron chi connectivity index (χ1n) is 38.4. The van der Waals surface area contributed by atoms with Gasteiger partial charge in [0.05, 0.1) is 26.4 Å². The van der Waals surface area contributed by atoms with Crippen LogP contribution in [-0.4, -0.2) is 96.7 Å². The lowest BCUT2D eigenvalue weighted by Gasteiger charge is -2.21. The average Bonchev–Trinajstić information content (AvgIpc) is 1.52. The van der Waals surface area contributed by atoms with Crippen molar-refractivity contribution < 1.29 is 80.2 Å². The summed E-state index contributed by atoms with van der Waals surface area (Å²) in [6.45, 7) is 11.9. The number of ether oxygens (including phenoxy) is 4. The molecular formula is C74H144O17P2. The third kappa shape index (κ3) is 67.0. The van der Waals surface area contributed by atoms with Gasteiger partial charge < -0.3 is 33.8 Å². The minimum atomic E-state index is -4.96. The van der Waals surface area contributed by atoms with Crippen molar-refractivity contribution in [1.29, 1.82) is 0 Å². The molecule has 552 valence electrons. The lowest BCUT2D eigenvalue weighted by molar-refractivity contribution is -0.161. The maximum atomic E-state index is 13.1. The summed E-state index contributed by atoms with van der Waals surface area (Å²) in [6.07, 6.45) is 49.9. The van der Waals surface area contributed by atoms with E-state index in [1.807, 2.05) is 0 Å². The van der Waals surface area contributed by atoms with Crippen LogP contribution < -0.4 is 0 Å². The van der Waals surface area contributed by atoms with Crippen LogP contribution in [0.3, 0.4) is 0 Å². The van der Waals surface area contributed by atoms with E-state index in [-0.39, 0.29) is 25.7 Å². The summed E-state index contributed by atoms with van der Waals surface area (Å²) in [5, 5.41) is 10.6. The highest BCUT2D eigenvalue weighted by Gasteiger charge is 2.30. The maximum absolute atomic E-state index is 13.1. The molecule has 0 aromatic heterocycles. The van der Waals surface area contributed by atoms with Gasteiger partial charge in [-0.05, 0) is 43.4 Å². The number of phosphoric ester groups is 2. The van der Waals surface area contributed by atoms with Gasteiger partial charge in [0.15, 0.2) is 12.2 Å². The van der Waals surface area contributed by atoms with Gasteiger partial charge in [-0.2, -0.15) is 0 Å². The standard InChI is InChI=1S/C74H144O17P2/c1-8-10-11-12-13-14-15-21-28-35-43-50-57-73(78)91-70(62-85-72(77)56-49-42-37-30-32-39-46-53-66(5)6)64-89-93(82,83)87-60-68(75)59-86-92(80,81)88-63-69(61-84-71(76)55-48-41-34-27-24-23-25-31-38-45-52-65(3)4)90-74(79)58-51-44-36-29-22-19-17-16-18-20-26-33-40-47-54-67(7)9-2/h65-70,75H,8-64H2,1-7H3,(H,80,81)(H,82,83)/t67?,68-,69-,70-/m1/s1. The molecule has 0 aliphatic rings. The highest BCUT2D eigenvalue weighted by Crippen LogP contribution is 2.45. The number of aliphatic hydroxyl groups is 1. The molecule has 0 rings (SSSR count). The molecule has 93 heavy (non-hydrogen) atoms. The van der Waals surface area contributed by atoms with Gasteiger partial charge in [0, 0.05) is 25.7 Å². The zero-order chi connectivity index (χ0) is 68.7. The van der Waals surface area contributed by atoms with Crippen LogP contribution in [-0.2, 0) is 65.4 Å². The van der Waals surface area contributed by atoms with Crippen molar-refractivity contribution in [1.82, 2.24) is 0 Å². The first-order chi connectivity index (χ1) is 44.8. The van der Waals surface area contributed by atoms with Gasteiger partial charge in [0.1, 0.15) is 19.3 Å². The van der Waals surface area contributed by atoms with Crippen molar-refractivity contribution in [3.05, 3.63) is 0 Å². The predicted molar refractivity (Wildman–Crippen MR) is 377 cm³/mol. The Morgan fingerprint density at radius 2 is 0.548 bits per heavy atom. The van der Waals surface area contributed by atoms with Gasteiger partial charge in [-0.25, -0.2) is 9.13 Å². The minimum absolute atomic E-state index is 0.106. The average molecular weight is 1370 g/mol. The van der Waals surface area contributed by atoms with E-state index in [1.165, 1.54) is 180 Å². The van der Waals surface area contributed by atoms with E-state index in [9.17, 15) is 43.2 Å². The van der Waals surface area contributed by atoms with E-state index < -0.39 is 97.5 Å². The molecule has 0 saturated carbocycles. The highest BCUT2D eigenvalue weighted by molar-refractivity contribution is 7.47. The molecule has 3 N–H and O–H groups in total. The summed E-state index contributed by atoms with van der Waals surface area (Å²) in [7, 11) is -9.91. The predicted octanol–water partition coefficient (Wildman–Crippen LogP) is 21.4. The Balaban J connectivity index is 5.24. The van der Waals surface area contributed by atoms with Crippen molar-refractivity contribution in [3.63, 3.8) is 0 Å². The Labute approximate surface area is 568 Å². The van der Waals surface area contributed by atoms with Crippen LogP contribution in [0.4, 0.5) is 0 Å². The van der Waals surface area contributed by atoms with Gasteiger partial charge in [-0.3, -0.25) is 37.3 Å². The third-order valence-electron chi connectivity index (χ3n) is 17.5. The van der Waals surface area contributed by atoms with Crippen molar-refractivity contribution in [3.8, 4) is 0 Å². The smallest absolute Gasteiger partial charge is 0.462 e. The fourth-order valence-corrected chi connectivity index (χ4v) is 12.8. The maximum Gasteiger partial charge on any atom is 0.472 e. The molecule has 0 amide bonds. The molecule has 6 atom stereocenters. The summed E-state index contributed by atoms with van der Waals surface area (Å²) < 4.78 is 68.4. The molecule has 0 heterocycles. The Bertz CT molecular complexity index is 1820. The van der Waals surface area contributed by atoms with E-state index in [0.29, 0.717) is 31.6 Å². The number of carbonyl (C=O) groups is 4. The van der Waals surface area contributed by atoms with E-state index in [4.69, 9.17) is 37.0 Å². The van der Waals surface area contributed by atoms with Crippen LogP contribution >= 0.6 is 15.6 Å². The summed E-state index contributed by atoms with van der Waals surface area (Å²) in [5.41, 5.74) is 0. The van der Waals surface area contributed by atoms with Crippen LogP contribution in [0.1, 0.15) is 376 Å². The lowest BCUT2D eigenvalue weighted by Crippen LogP contribution is -2.30. The van der Waals surface area contributed by atoms with Crippen molar-refractivity contribution in [2.45, 2.75) is 394 Å². The molecule has 0 radical (unpaired) electrons. The first kappa shape index (κ1) is 91.1. The Hall–Kier alpha value is -1.94. The topological polar surface area (TPSA) is 237 Å². The molecule has 17 nitrogen and oxygen atoms in total. The van der Waals surface area contributed by atoms with Crippen LogP contribution in [0.5, 0.6) is 0 Å². The van der Waals surface area contributed by atoms with Gasteiger partial charge in [0.25, 0.3) is 0 Å². The Morgan fingerprint density at radius 1 is 0.312 bits per heavy atom. The fourth-order valence-electron chi connectivity index (χ4n) is 11.2. The number of rotatable bonds is 72. The molecule has 0 spiro atoms. The third-order valence-corrected chi connectivity index (χ3v) is 19.4. The van der Waals surface area contributed by atoms with Crippen molar-refractivity contribution >= 4 is 39.5 Å². The Kier molecular flexibility index (Phi) is 63.4. The lowest BCUT2D eigenvalue weighted by atomic mass is 9.99. The molecule has 0 bridgehead atoms. The summed E-state index contributed by atoms with van der Waals surface area (Å²) in [6, 6.07) is 0. The summed E-state index contributed by atoms with van der Waals surface area (Å²) in [5.74, 6) is 0.189. The van der Waals surface area contributed by atoms with Crippen molar-refractivity contribution in [2.24, 2.45) is 17.8 Å². The number of carbonyl (C=O) groups excluding carboxylic acids is 4. The fraction of sp³-hybridized carbons (Fsp3) is 0.946. The molecule has 0 aliphatic carbocycles. The van der Waals surface area contributed by atoms with E-state index in [1.54, 1.807) is 0 Å². The zero-order valence-corrected chi connectivity index (χ0v) is 62.5. The number of hydrogen-bond donors (Lipinski definition) is 3. The largest absolute Gasteiger partial charge is 0.472 e. The monoisotopic (exact) mass is 1370 g/mol. The molecule has 0 fully saturated rings. The SMILES string of the molecule is CCCCCCCCCCCCCCC(=O)O[C@H](COC(=O)CCCCCCCCCC(C)C)COP(=O)(O)OC[C@H](O)COP(=O)(O)OC[C@@H](COC(=O)CCCCCCCCCCCCC(C)C)OC(=O)CCCCCCCCCCCCCCCCC(C)CC. The second kappa shape index (κ2) is 64.7. The normalized spacial score (nSPS) is 14.4. The summed E-state index contributed by atoms with van der Waals surface area (Å²) >= 11 is 0. The molecular weight excluding hydrogens is 1220 g/mol. The number of aliphatic hydroxyl groups excluding tert-OH is 1. The molecule has 0 aliphatic heterocycles. The second-order valence-electron chi connectivity index (χ2n) is 27.9. The number of esters is 4. The highest BCUT2D eigenvalue weighted by atomic mass is 31.2. The molecule has 0 aromatic rings. The quantitative estimate of drug-likeness (QED) is 0.0222. The second-order valence-corrected chi connectivity index (χ2v) is 30.8. The van der Waals surface area contributed by atoms with Crippen LogP contribution in [0.25, 0.3) is 0 Å². The molecule has 3 unspecified atom stereocenters. The number of unbranched alkanes of at least 4 members (excludes halogenated alkanes) is 39. The van der Waals surface area contributed by atoms with E-state index in [2.05, 4.69) is 48.5 Å². The molecule has 19 heteroatoms. The summed E-state index contributed by atoms with van der Waals surface area (Å²) in [4.78, 5) is 72.7. The molecule has 0 saturated heterocycles. The van der Waals surface area contributed by atoms with E-state index in [0.717, 1.165) is 108 Å². The van der Waals surface area contributed by atoms with Gasteiger partial charge in [0.2, 0.25) is 0 Å². The first-order valence-corrected chi connectivity index (χ1v) is 41.4. The van der Waals surface area contributed by atoms with E-state index >= 15 is 0 Å². The number of phosphoric acid groups is 2. The van der Waals surface area contributed by atoms with Gasteiger partial charge in [-0.15, -0.1) is 0 Å².